The number of aromatic nitrogens is 3. The molecule has 28 heavy (non-hydrogen) atoms. The second kappa shape index (κ2) is 7.84. The van der Waals surface area contributed by atoms with Crippen molar-refractivity contribution in [2.45, 2.75) is 63.5 Å². The number of hydrogen-bond acceptors (Lipinski definition) is 3. The van der Waals surface area contributed by atoms with Crippen molar-refractivity contribution < 1.29 is 0 Å². The van der Waals surface area contributed by atoms with Crippen molar-refractivity contribution in [1.29, 1.82) is 0 Å². The van der Waals surface area contributed by atoms with Gasteiger partial charge in [-0.1, -0.05) is 41.9 Å². The van der Waals surface area contributed by atoms with Crippen molar-refractivity contribution in [3.8, 4) is 0 Å². The molecule has 0 saturated heterocycles. The highest BCUT2D eigenvalue weighted by Crippen LogP contribution is 2.34. The summed E-state index contributed by atoms with van der Waals surface area (Å²) < 4.78 is 2.06. The van der Waals surface area contributed by atoms with Crippen molar-refractivity contribution in [2.24, 2.45) is 5.92 Å². The zero-order valence-corrected chi connectivity index (χ0v) is 16.9. The van der Waals surface area contributed by atoms with Crippen LogP contribution < -0.4 is 5.32 Å². The molecule has 0 bridgehead atoms. The molecule has 2 heterocycles. The van der Waals surface area contributed by atoms with Gasteiger partial charge in [0, 0.05) is 25.2 Å². The van der Waals surface area contributed by atoms with Crippen LogP contribution in [0.5, 0.6) is 0 Å². The van der Waals surface area contributed by atoms with E-state index in [2.05, 4.69) is 62.5 Å². The molecule has 5 rings (SSSR count). The summed E-state index contributed by atoms with van der Waals surface area (Å²) in [6, 6.07) is 13.6. The van der Waals surface area contributed by atoms with Gasteiger partial charge >= 0.3 is 0 Å². The third-order valence-electron chi connectivity index (χ3n) is 6.42. The van der Waals surface area contributed by atoms with Crippen LogP contribution >= 0.6 is 11.6 Å². The Kier molecular flexibility index (Phi) is 5.08. The third kappa shape index (κ3) is 3.81. The maximum atomic E-state index is 6.66. The molecule has 2 aliphatic carbocycles. The minimum atomic E-state index is 0.565. The standard InChI is InChI=1S/C23H27ClN4/c24-22-19(12-13-28-21(14-16-6-7-16)26-27-23(22)28)15-25-20-10-8-18(9-11-20)17-4-2-1-3-5-17/h1-5,12-13,16,18,20,25H,6-11,14-15H2/t18-,20-. The lowest BCUT2D eigenvalue weighted by atomic mass is 9.82. The first-order valence-electron chi connectivity index (χ1n) is 10.6. The van der Waals surface area contributed by atoms with Crippen LogP contribution in [0.2, 0.25) is 5.02 Å². The first-order chi connectivity index (χ1) is 13.8. The number of nitrogens with one attached hydrogen (secondary N) is 1. The Balaban J connectivity index is 1.20. The van der Waals surface area contributed by atoms with E-state index in [0.29, 0.717) is 12.0 Å². The normalized spacial score (nSPS) is 22.6. The quantitative estimate of drug-likeness (QED) is 0.628. The van der Waals surface area contributed by atoms with Gasteiger partial charge in [-0.2, -0.15) is 0 Å². The molecule has 0 atom stereocenters. The van der Waals surface area contributed by atoms with E-state index in [-0.39, 0.29) is 0 Å². The fourth-order valence-corrected chi connectivity index (χ4v) is 4.74. The molecule has 2 fully saturated rings. The SMILES string of the molecule is Clc1c(CN[C@H]2CC[C@H](c3ccccc3)CC2)ccn2c(CC3CC3)nnc12. The van der Waals surface area contributed by atoms with Gasteiger partial charge in [0.25, 0.3) is 0 Å². The van der Waals surface area contributed by atoms with E-state index in [1.54, 1.807) is 0 Å². The van der Waals surface area contributed by atoms with Gasteiger partial charge in [-0.05, 0) is 67.6 Å². The molecule has 3 aromatic rings. The van der Waals surface area contributed by atoms with Crippen LogP contribution in [0, 0.1) is 5.92 Å². The topological polar surface area (TPSA) is 42.2 Å². The molecule has 1 N–H and O–H groups in total. The van der Waals surface area contributed by atoms with Gasteiger partial charge < -0.3 is 5.32 Å². The third-order valence-corrected chi connectivity index (χ3v) is 6.83. The lowest BCUT2D eigenvalue weighted by Crippen LogP contribution is -2.32. The highest BCUT2D eigenvalue weighted by atomic mass is 35.5. The number of rotatable bonds is 6. The van der Waals surface area contributed by atoms with E-state index in [0.717, 1.165) is 40.9 Å². The lowest BCUT2D eigenvalue weighted by molar-refractivity contribution is 0.341. The zero-order valence-electron chi connectivity index (χ0n) is 16.1. The number of halogens is 1. The van der Waals surface area contributed by atoms with Crippen LogP contribution in [0.4, 0.5) is 0 Å². The molecule has 0 radical (unpaired) electrons. The summed E-state index contributed by atoms with van der Waals surface area (Å²) in [5, 5.41) is 13.2. The molecule has 2 aliphatic rings. The van der Waals surface area contributed by atoms with Crippen molar-refractivity contribution >= 4 is 17.2 Å². The van der Waals surface area contributed by atoms with E-state index >= 15 is 0 Å². The second-order valence-corrected chi connectivity index (χ2v) is 8.83. The summed E-state index contributed by atoms with van der Waals surface area (Å²) in [4.78, 5) is 0. The van der Waals surface area contributed by atoms with Crippen LogP contribution in [0.1, 0.15) is 61.4 Å². The van der Waals surface area contributed by atoms with Crippen LogP contribution in [-0.4, -0.2) is 20.6 Å². The zero-order chi connectivity index (χ0) is 18.9. The first kappa shape index (κ1) is 18.1. The summed E-state index contributed by atoms with van der Waals surface area (Å²) in [6.07, 6.45) is 10.7. The molecular formula is C23H27ClN4. The molecule has 5 heteroatoms. The van der Waals surface area contributed by atoms with E-state index in [1.165, 1.54) is 44.1 Å². The van der Waals surface area contributed by atoms with Crippen LogP contribution in [0.25, 0.3) is 5.65 Å². The molecule has 2 saturated carbocycles. The van der Waals surface area contributed by atoms with Gasteiger partial charge in [-0.3, -0.25) is 4.40 Å². The summed E-state index contributed by atoms with van der Waals surface area (Å²) in [5.74, 6) is 2.54. The van der Waals surface area contributed by atoms with Gasteiger partial charge in [-0.15, -0.1) is 10.2 Å². The molecule has 1 aromatic carbocycles. The molecular weight excluding hydrogens is 368 g/mol. The maximum absolute atomic E-state index is 6.66. The molecule has 2 aromatic heterocycles. The van der Waals surface area contributed by atoms with E-state index < -0.39 is 0 Å². The molecule has 0 spiro atoms. The number of fused-ring (bicyclic) bond motifs is 1. The molecule has 0 aliphatic heterocycles. The van der Waals surface area contributed by atoms with Crippen molar-refractivity contribution in [1.82, 2.24) is 19.9 Å². The Labute approximate surface area is 171 Å². The maximum Gasteiger partial charge on any atom is 0.179 e. The van der Waals surface area contributed by atoms with Gasteiger partial charge in [0.1, 0.15) is 5.82 Å². The summed E-state index contributed by atoms with van der Waals surface area (Å²) in [7, 11) is 0. The van der Waals surface area contributed by atoms with E-state index in [9.17, 15) is 0 Å². The van der Waals surface area contributed by atoms with Crippen LogP contribution in [-0.2, 0) is 13.0 Å². The average molecular weight is 395 g/mol. The van der Waals surface area contributed by atoms with Crippen molar-refractivity contribution in [3.05, 3.63) is 64.6 Å². The van der Waals surface area contributed by atoms with Crippen molar-refractivity contribution in [2.75, 3.05) is 0 Å². The van der Waals surface area contributed by atoms with Crippen molar-refractivity contribution in [3.63, 3.8) is 0 Å². The number of nitrogens with zero attached hydrogens (tertiary/aromatic N) is 3. The smallest absolute Gasteiger partial charge is 0.179 e. The van der Waals surface area contributed by atoms with Gasteiger partial charge in [-0.25, -0.2) is 0 Å². The Morgan fingerprint density at radius 2 is 1.75 bits per heavy atom. The number of pyridine rings is 1. The monoisotopic (exact) mass is 394 g/mol. The largest absolute Gasteiger partial charge is 0.310 e. The van der Waals surface area contributed by atoms with E-state index in [1.807, 2.05) is 0 Å². The Hall–Kier alpha value is -1.91. The van der Waals surface area contributed by atoms with Gasteiger partial charge in [0.05, 0.1) is 5.02 Å². The molecule has 0 unspecified atom stereocenters. The van der Waals surface area contributed by atoms with Gasteiger partial charge in [0.15, 0.2) is 5.65 Å². The second-order valence-electron chi connectivity index (χ2n) is 8.45. The Morgan fingerprint density at radius 1 is 0.964 bits per heavy atom. The highest BCUT2D eigenvalue weighted by molar-refractivity contribution is 6.34. The Bertz CT molecular complexity index is 940. The summed E-state index contributed by atoms with van der Waals surface area (Å²) >= 11 is 6.66. The molecule has 4 nitrogen and oxygen atoms in total. The fraction of sp³-hybridized carbons (Fsp3) is 0.478. The molecule has 146 valence electrons. The average Bonchev–Trinajstić information content (AvgIpc) is 3.47. The number of benzene rings is 1. The predicted octanol–water partition coefficient (Wildman–Crippen LogP) is 5.15. The first-order valence-corrected chi connectivity index (χ1v) is 10.9. The minimum Gasteiger partial charge on any atom is -0.310 e. The predicted molar refractivity (Wildman–Crippen MR) is 113 cm³/mol. The lowest BCUT2D eigenvalue weighted by Gasteiger charge is -2.29. The highest BCUT2D eigenvalue weighted by Gasteiger charge is 2.25. The van der Waals surface area contributed by atoms with E-state index in [4.69, 9.17) is 11.6 Å². The fourth-order valence-electron chi connectivity index (χ4n) is 4.48. The Morgan fingerprint density at radius 3 is 2.50 bits per heavy atom. The minimum absolute atomic E-state index is 0.565. The van der Waals surface area contributed by atoms with Crippen LogP contribution in [0.15, 0.2) is 42.6 Å². The summed E-state index contributed by atoms with van der Waals surface area (Å²) in [5.41, 5.74) is 3.40. The summed E-state index contributed by atoms with van der Waals surface area (Å²) in [6.45, 7) is 0.792. The van der Waals surface area contributed by atoms with Crippen LogP contribution in [0.3, 0.4) is 0 Å². The molecule has 0 amide bonds. The van der Waals surface area contributed by atoms with Gasteiger partial charge in [0.2, 0.25) is 0 Å². The number of hydrogen-bond donors (Lipinski definition) is 1.